The summed E-state index contributed by atoms with van der Waals surface area (Å²) in [6.45, 7) is 9.95. The lowest BCUT2D eigenvalue weighted by molar-refractivity contribution is 0.0987. The van der Waals surface area contributed by atoms with Gasteiger partial charge in [0.1, 0.15) is 0 Å². The Morgan fingerprint density at radius 2 is 1.34 bits per heavy atom. The first-order valence-electron chi connectivity index (χ1n) is 10.7. The Balaban J connectivity index is 2.01. The Morgan fingerprint density at radius 1 is 0.759 bits per heavy atom. The molecule has 2 aromatic rings. The molecule has 0 aliphatic carbocycles. The van der Waals surface area contributed by atoms with Crippen LogP contribution in [0.5, 0.6) is 0 Å². The zero-order valence-electron chi connectivity index (χ0n) is 18.3. The Morgan fingerprint density at radius 3 is 1.97 bits per heavy atom. The van der Waals surface area contributed by atoms with Gasteiger partial charge in [0.15, 0.2) is 0 Å². The summed E-state index contributed by atoms with van der Waals surface area (Å²) in [5.74, 6) is 0.0946. The Hall–Kier alpha value is -2.37. The van der Waals surface area contributed by atoms with Gasteiger partial charge >= 0.3 is 0 Å². The van der Waals surface area contributed by atoms with Gasteiger partial charge in [0, 0.05) is 19.6 Å². The molecule has 1 heterocycles. The molecule has 156 valence electrons. The van der Waals surface area contributed by atoms with Crippen LogP contribution < -0.4 is 9.80 Å². The second-order valence-corrected chi connectivity index (χ2v) is 7.80. The van der Waals surface area contributed by atoms with Gasteiger partial charge in [-0.25, -0.2) is 0 Å². The smallest absolute Gasteiger partial charge is 0.260 e. The lowest BCUT2D eigenvalue weighted by Gasteiger charge is -2.29. The number of fused-ring (bicyclic) bond motifs is 2. The van der Waals surface area contributed by atoms with Crippen LogP contribution in [-0.2, 0) is 0 Å². The Labute approximate surface area is 175 Å². The summed E-state index contributed by atoms with van der Waals surface area (Å²) in [5, 5.41) is 0. The van der Waals surface area contributed by atoms with E-state index in [0.29, 0.717) is 6.54 Å². The van der Waals surface area contributed by atoms with Crippen LogP contribution in [0.1, 0.15) is 30.6 Å². The van der Waals surface area contributed by atoms with E-state index in [1.54, 1.807) is 0 Å². The quantitative estimate of drug-likeness (QED) is 0.641. The van der Waals surface area contributed by atoms with E-state index in [2.05, 4.69) is 66.9 Å². The predicted molar refractivity (Wildman–Crippen MR) is 123 cm³/mol. The summed E-state index contributed by atoms with van der Waals surface area (Å²) in [5.41, 5.74) is 3.91. The minimum atomic E-state index is 0.0946. The van der Waals surface area contributed by atoms with Crippen molar-refractivity contribution in [3.8, 4) is 0 Å². The van der Waals surface area contributed by atoms with Crippen molar-refractivity contribution >= 4 is 23.0 Å². The van der Waals surface area contributed by atoms with Crippen molar-refractivity contribution in [2.45, 2.75) is 20.3 Å². The standard InChI is InChI=1S/C24H34N4O/c1-5-26(6-2)18-19-27-21-13-8-7-12-20(21)24(29)28(17-11-16-25(3)4)23-15-10-9-14-22(23)27/h7-10,12-15H,5-6,11,16-19H2,1-4H3. The van der Waals surface area contributed by atoms with Gasteiger partial charge in [-0.05, 0) is 64.4 Å². The monoisotopic (exact) mass is 394 g/mol. The summed E-state index contributed by atoms with van der Waals surface area (Å²) in [6, 6.07) is 16.4. The fourth-order valence-corrected chi connectivity index (χ4v) is 3.98. The molecule has 0 saturated carbocycles. The zero-order chi connectivity index (χ0) is 20.8. The van der Waals surface area contributed by atoms with Crippen LogP contribution in [0.15, 0.2) is 48.5 Å². The molecule has 2 aromatic carbocycles. The number of amides is 1. The van der Waals surface area contributed by atoms with Crippen LogP contribution in [0, 0.1) is 0 Å². The maximum Gasteiger partial charge on any atom is 0.260 e. The van der Waals surface area contributed by atoms with Crippen LogP contribution >= 0.6 is 0 Å². The maximum absolute atomic E-state index is 13.5. The van der Waals surface area contributed by atoms with Gasteiger partial charge in [-0.1, -0.05) is 38.1 Å². The van der Waals surface area contributed by atoms with Crippen LogP contribution in [0.3, 0.4) is 0 Å². The van der Waals surface area contributed by atoms with Crippen LogP contribution in [0.4, 0.5) is 17.1 Å². The summed E-state index contributed by atoms with van der Waals surface area (Å²) in [4.78, 5) is 22.4. The topological polar surface area (TPSA) is 30.0 Å². The maximum atomic E-state index is 13.5. The van der Waals surface area contributed by atoms with Crippen molar-refractivity contribution in [2.24, 2.45) is 0 Å². The molecular formula is C24H34N4O. The normalized spacial score (nSPS) is 13.7. The molecule has 29 heavy (non-hydrogen) atoms. The number of rotatable bonds is 9. The second kappa shape index (κ2) is 9.90. The van der Waals surface area contributed by atoms with Gasteiger partial charge in [-0.3, -0.25) is 4.79 Å². The van der Waals surface area contributed by atoms with Crippen LogP contribution in [-0.4, -0.2) is 69.1 Å². The summed E-state index contributed by atoms with van der Waals surface area (Å²) in [7, 11) is 4.14. The fourth-order valence-electron chi connectivity index (χ4n) is 3.98. The second-order valence-electron chi connectivity index (χ2n) is 7.80. The first kappa shape index (κ1) is 21.3. The third-order valence-corrected chi connectivity index (χ3v) is 5.66. The molecule has 0 unspecified atom stereocenters. The molecule has 0 saturated heterocycles. The van der Waals surface area contributed by atoms with Gasteiger partial charge in [0.05, 0.1) is 22.6 Å². The Kier molecular flexibility index (Phi) is 7.29. The molecule has 0 aromatic heterocycles. The molecule has 5 heteroatoms. The third kappa shape index (κ3) is 4.80. The molecule has 0 fully saturated rings. The molecule has 0 radical (unpaired) electrons. The van der Waals surface area contributed by atoms with Crippen molar-refractivity contribution in [2.75, 3.05) is 63.2 Å². The van der Waals surface area contributed by atoms with E-state index in [9.17, 15) is 4.79 Å². The number of anilines is 3. The van der Waals surface area contributed by atoms with Crippen molar-refractivity contribution in [3.05, 3.63) is 54.1 Å². The highest BCUT2D eigenvalue weighted by atomic mass is 16.2. The van der Waals surface area contributed by atoms with E-state index in [1.807, 2.05) is 29.2 Å². The first-order valence-corrected chi connectivity index (χ1v) is 10.7. The SMILES string of the molecule is CCN(CC)CCN1c2ccccc2C(=O)N(CCCN(C)C)c2ccccc21. The average molecular weight is 395 g/mol. The van der Waals surface area contributed by atoms with Crippen LogP contribution in [0.2, 0.25) is 0 Å². The fraction of sp³-hybridized carbons (Fsp3) is 0.458. The van der Waals surface area contributed by atoms with Crippen LogP contribution in [0.25, 0.3) is 0 Å². The molecule has 0 spiro atoms. The number of carbonyl (C=O) groups excluding carboxylic acids is 1. The molecule has 0 N–H and O–H groups in total. The van der Waals surface area contributed by atoms with E-state index in [4.69, 9.17) is 0 Å². The van der Waals surface area contributed by atoms with Gasteiger partial charge in [0.2, 0.25) is 0 Å². The van der Waals surface area contributed by atoms with Crippen molar-refractivity contribution in [3.63, 3.8) is 0 Å². The summed E-state index contributed by atoms with van der Waals surface area (Å²) in [6.07, 6.45) is 0.939. The number of hydrogen-bond donors (Lipinski definition) is 0. The molecular weight excluding hydrogens is 360 g/mol. The highest BCUT2D eigenvalue weighted by molar-refractivity contribution is 6.13. The molecule has 1 aliphatic heterocycles. The number of carbonyl (C=O) groups is 1. The van der Waals surface area contributed by atoms with Gasteiger partial charge in [-0.2, -0.15) is 0 Å². The highest BCUT2D eigenvalue weighted by Gasteiger charge is 2.30. The van der Waals surface area contributed by atoms with E-state index in [-0.39, 0.29) is 5.91 Å². The summed E-state index contributed by atoms with van der Waals surface area (Å²) < 4.78 is 0. The number of nitrogens with zero attached hydrogens (tertiary/aromatic N) is 4. The Bertz CT molecular complexity index is 816. The number of likely N-dealkylation sites (N-methyl/N-ethyl adjacent to an activating group) is 1. The van der Waals surface area contributed by atoms with Gasteiger partial charge in [-0.15, -0.1) is 0 Å². The van der Waals surface area contributed by atoms with E-state index < -0.39 is 0 Å². The third-order valence-electron chi connectivity index (χ3n) is 5.66. The number of hydrogen-bond acceptors (Lipinski definition) is 4. The summed E-state index contributed by atoms with van der Waals surface area (Å²) >= 11 is 0. The van der Waals surface area contributed by atoms with E-state index in [1.165, 1.54) is 0 Å². The average Bonchev–Trinajstić information content (AvgIpc) is 2.83. The highest BCUT2D eigenvalue weighted by Crippen LogP contribution is 2.40. The largest absolute Gasteiger partial charge is 0.338 e. The number of para-hydroxylation sites is 3. The molecule has 5 nitrogen and oxygen atoms in total. The molecule has 1 aliphatic rings. The molecule has 0 bridgehead atoms. The van der Waals surface area contributed by atoms with E-state index >= 15 is 0 Å². The lowest BCUT2D eigenvalue weighted by atomic mass is 10.1. The van der Waals surface area contributed by atoms with Gasteiger partial charge in [0.25, 0.3) is 5.91 Å². The molecule has 3 rings (SSSR count). The minimum Gasteiger partial charge on any atom is -0.338 e. The minimum absolute atomic E-state index is 0.0946. The molecule has 1 amide bonds. The van der Waals surface area contributed by atoms with Crippen molar-refractivity contribution < 1.29 is 4.79 Å². The first-order chi connectivity index (χ1) is 14.1. The zero-order valence-corrected chi connectivity index (χ0v) is 18.3. The molecule has 0 atom stereocenters. The van der Waals surface area contributed by atoms with E-state index in [0.717, 1.165) is 61.8 Å². The predicted octanol–water partition coefficient (Wildman–Crippen LogP) is 4.08. The van der Waals surface area contributed by atoms with Crippen molar-refractivity contribution in [1.82, 2.24) is 9.80 Å². The number of benzene rings is 2. The lowest BCUT2D eigenvalue weighted by Crippen LogP contribution is -2.33. The van der Waals surface area contributed by atoms with Gasteiger partial charge < -0.3 is 19.6 Å². The van der Waals surface area contributed by atoms with Crippen molar-refractivity contribution in [1.29, 1.82) is 0 Å².